The van der Waals surface area contributed by atoms with Gasteiger partial charge in [-0.3, -0.25) is 0 Å². The summed E-state index contributed by atoms with van der Waals surface area (Å²) in [6, 6.07) is 14.5. The Bertz CT molecular complexity index is 1180. The molecule has 10 nitrogen and oxygen atoms in total. The number of benzene rings is 2. The molecule has 0 aromatic heterocycles. The number of nitrogen functional groups attached to an aromatic ring is 1. The zero-order valence-corrected chi connectivity index (χ0v) is 23.3. The number of alkyl carbamates (subject to hydrolysis) is 1. The predicted molar refractivity (Wildman–Crippen MR) is 146 cm³/mol. The quantitative estimate of drug-likeness (QED) is 0.356. The highest BCUT2D eigenvalue weighted by atomic mass is 32.2. The lowest BCUT2D eigenvalue weighted by molar-refractivity contribution is -0.152. The third-order valence-electron chi connectivity index (χ3n) is 7.02. The summed E-state index contributed by atoms with van der Waals surface area (Å²) in [6.07, 6.45) is -0.734. The SMILES string of the molecule is CC(C)CN(C[C@H](O)[C@H](Cc1ccccc1)NC(=O)O[C@@H]1CO[C@@H]2OCCC[C@@H]21)S(=O)(=O)c1ccc(N)cc1. The van der Waals surface area contributed by atoms with Gasteiger partial charge in [0, 0.05) is 31.3 Å². The molecule has 2 fully saturated rings. The molecule has 2 aliphatic rings. The second kappa shape index (κ2) is 13.1. The van der Waals surface area contributed by atoms with Crippen LogP contribution in [0, 0.1) is 11.8 Å². The summed E-state index contributed by atoms with van der Waals surface area (Å²) in [5, 5.41) is 14.2. The molecular formula is C28H39N3O7S. The van der Waals surface area contributed by atoms with Crippen LogP contribution < -0.4 is 11.1 Å². The van der Waals surface area contributed by atoms with E-state index in [4.69, 9.17) is 19.9 Å². The topological polar surface area (TPSA) is 140 Å². The minimum absolute atomic E-state index is 0.000668. The average Bonchev–Trinajstić information content (AvgIpc) is 3.31. The van der Waals surface area contributed by atoms with Crippen LogP contribution >= 0.6 is 0 Å². The number of amides is 1. The van der Waals surface area contributed by atoms with Gasteiger partial charge in [0.25, 0.3) is 0 Å². The second-order valence-corrected chi connectivity index (χ2v) is 12.6. The summed E-state index contributed by atoms with van der Waals surface area (Å²) in [7, 11) is -3.93. The van der Waals surface area contributed by atoms with Crippen molar-refractivity contribution in [1.82, 2.24) is 9.62 Å². The number of fused-ring (bicyclic) bond motifs is 1. The molecule has 39 heavy (non-hydrogen) atoms. The normalized spacial score (nSPS) is 22.8. The van der Waals surface area contributed by atoms with Crippen molar-refractivity contribution in [3.05, 3.63) is 60.2 Å². The molecule has 2 saturated heterocycles. The number of anilines is 1. The minimum atomic E-state index is -3.93. The van der Waals surface area contributed by atoms with Crippen LogP contribution in [-0.2, 0) is 30.7 Å². The highest BCUT2D eigenvalue weighted by molar-refractivity contribution is 7.89. The number of nitrogens with zero attached hydrogens (tertiary/aromatic N) is 1. The Morgan fingerprint density at radius 2 is 1.85 bits per heavy atom. The standard InChI is InChI=1S/C28H39N3O7S/c1-19(2)16-31(39(34,35)22-12-10-21(29)11-13-22)17-25(32)24(15-20-7-4-3-5-8-20)30-28(33)38-26-18-37-27-23(26)9-6-14-36-27/h3-5,7-8,10-13,19,23-27,32H,6,9,14-18,29H2,1-2H3,(H,30,33)/t23-,24+,25+,26-,27+/m1/s1. The van der Waals surface area contributed by atoms with E-state index in [2.05, 4.69) is 5.32 Å². The van der Waals surface area contributed by atoms with E-state index in [9.17, 15) is 18.3 Å². The molecule has 4 N–H and O–H groups in total. The summed E-state index contributed by atoms with van der Waals surface area (Å²) in [5.74, 6) is -0.0344. The van der Waals surface area contributed by atoms with E-state index in [0.29, 0.717) is 12.3 Å². The lowest BCUT2D eigenvalue weighted by Gasteiger charge is -2.31. The van der Waals surface area contributed by atoms with Crippen molar-refractivity contribution >= 4 is 21.8 Å². The molecule has 214 valence electrons. The fourth-order valence-corrected chi connectivity index (χ4v) is 6.64. The van der Waals surface area contributed by atoms with Crippen LogP contribution in [0.3, 0.4) is 0 Å². The van der Waals surface area contributed by atoms with Crippen LogP contribution in [0.1, 0.15) is 32.3 Å². The summed E-state index contributed by atoms with van der Waals surface area (Å²) in [5.41, 5.74) is 7.08. The summed E-state index contributed by atoms with van der Waals surface area (Å²) >= 11 is 0. The number of ether oxygens (including phenoxy) is 3. The van der Waals surface area contributed by atoms with E-state index in [1.165, 1.54) is 28.6 Å². The highest BCUT2D eigenvalue weighted by Gasteiger charge is 2.42. The van der Waals surface area contributed by atoms with Crippen LogP contribution in [-0.4, -0.2) is 74.8 Å². The van der Waals surface area contributed by atoms with E-state index in [1.54, 1.807) is 0 Å². The zero-order valence-electron chi connectivity index (χ0n) is 22.4. The van der Waals surface area contributed by atoms with Crippen molar-refractivity contribution in [3.8, 4) is 0 Å². The Kier molecular flexibility index (Phi) is 9.84. The molecule has 0 saturated carbocycles. The average molecular weight is 562 g/mol. The molecule has 11 heteroatoms. The van der Waals surface area contributed by atoms with Crippen molar-refractivity contribution in [2.45, 2.75) is 62.5 Å². The van der Waals surface area contributed by atoms with Gasteiger partial charge >= 0.3 is 6.09 Å². The molecule has 2 aromatic carbocycles. The summed E-state index contributed by atoms with van der Waals surface area (Å²) in [6.45, 7) is 4.65. The summed E-state index contributed by atoms with van der Waals surface area (Å²) < 4.78 is 45.3. The number of carbonyl (C=O) groups is 1. The van der Waals surface area contributed by atoms with Gasteiger partial charge in [-0.1, -0.05) is 44.2 Å². The number of carbonyl (C=O) groups excluding carboxylic acids is 1. The van der Waals surface area contributed by atoms with E-state index >= 15 is 0 Å². The molecule has 2 aromatic rings. The third kappa shape index (κ3) is 7.70. The number of nitrogens with one attached hydrogen (secondary N) is 1. The van der Waals surface area contributed by atoms with Gasteiger partial charge in [0.1, 0.15) is 6.10 Å². The van der Waals surface area contributed by atoms with Crippen LogP contribution in [0.5, 0.6) is 0 Å². The minimum Gasteiger partial charge on any atom is -0.443 e. The molecule has 1 amide bonds. The van der Waals surface area contributed by atoms with Crippen molar-refractivity contribution in [3.63, 3.8) is 0 Å². The molecule has 0 bridgehead atoms. The highest BCUT2D eigenvalue weighted by Crippen LogP contribution is 2.32. The Labute approximate surface area is 230 Å². The van der Waals surface area contributed by atoms with Crippen LogP contribution in [0.25, 0.3) is 0 Å². The number of aliphatic hydroxyl groups excluding tert-OH is 1. The van der Waals surface area contributed by atoms with Gasteiger partial charge in [-0.2, -0.15) is 4.31 Å². The van der Waals surface area contributed by atoms with Gasteiger partial charge in [-0.05, 0) is 55.0 Å². The number of hydrogen-bond acceptors (Lipinski definition) is 8. The Morgan fingerprint density at radius 1 is 1.13 bits per heavy atom. The van der Waals surface area contributed by atoms with Gasteiger partial charge < -0.3 is 30.4 Å². The van der Waals surface area contributed by atoms with Crippen LogP contribution in [0.2, 0.25) is 0 Å². The first-order valence-electron chi connectivity index (χ1n) is 13.4. The first-order chi connectivity index (χ1) is 18.6. The maximum absolute atomic E-state index is 13.5. The van der Waals surface area contributed by atoms with Gasteiger partial charge in [0.05, 0.1) is 23.6 Å². The van der Waals surface area contributed by atoms with Crippen molar-refractivity contribution in [2.24, 2.45) is 11.8 Å². The third-order valence-corrected chi connectivity index (χ3v) is 8.86. The van der Waals surface area contributed by atoms with Crippen LogP contribution in [0.15, 0.2) is 59.5 Å². The summed E-state index contributed by atoms with van der Waals surface area (Å²) in [4.78, 5) is 13.1. The monoisotopic (exact) mass is 561 g/mol. The molecule has 0 unspecified atom stereocenters. The number of sulfonamides is 1. The molecule has 5 atom stereocenters. The van der Waals surface area contributed by atoms with Gasteiger partial charge in [0.2, 0.25) is 10.0 Å². The van der Waals surface area contributed by atoms with Crippen molar-refractivity contribution in [2.75, 3.05) is 32.0 Å². The Balaban J connectivity index is 1.50. The number of nitrogens with two attached hydrogens (primary N) is 1. The van der Waals surface area contributed by atoms with E-state index < -0.39 is 34.4 Å². The fourth-order valence-electron chi connectivity index (χ4n) is 5.02. The first-order valence-corrected chi connectivity index (χ1v) is 14.9. The zero-order chi connectivity index (χ0) is 28.0. The smallest absolute Gasteiger partial charge is 0.407 e. The second-order valence-electron chi connectivity index (χ2n) is 10.6. The number of rotatable bonds is 11. The molecule has 0 radical (unpaired) electrons. The molecular weight excluding hydrogens is 522 g/mol. The molecule has 4 rings (SSSR count). The molecule has 2 heterocycles. The Morgan fingerprint density at radius 3 is 2.54 bits per heavy atom. The van der Waals surface area contributed by atoms with Crippen molar-refractivity contribution in [1.29, 1.82) is 0 Å². The number of aliphatic hydroxyl groups is 1. The maximum Gasteiger partial charge on any atom is 0.407 e. The number of hydrogen-bond donors (Lipinski definition) is 3. The fraction of sp³-hybridized carbons (Fsp3) is 0.536. The molecule has 0 spiro atoms. The first kappa shape index (κ1) is 29.3. The van der Waals surface area contributed by atoms with E-state index in [-0.39, 0.29) is 49.1 Å². The molecule has 2 aliphatic heterocycles. The molecule has 0 aliphatic carbocycles. The largest absolute Gasteiger partial charge is 0.443 e. The lowest BCUT2D eigenvalue weighted by atomic mass is 9.97. The van der Waals surface area contributed by atoms with E-state index in [0.717, 1.165) is 18.4 Å². The Hall–Kier alpha value is -2.70. The van der Waals surface area contributed by atoms with E-state index in [1.807, 2.05) is 44.2 Å². The van der Waals surface area contributed by atoms with Crippen molar-refractivity contribution < 1.29 is 32.5 Å². The van der Waals surface area contributed by atoms with Gasteiger partial charge in [-0.15, -0.1) is 0 Å². The maximum atomic E-state index is 13.5. The van der Waals surface area contributed by atoms with Gasteiger partial charge in [-0.25, -0.2) is 13.2 Å². The van der Waals surface area contributed by atoms with Gasteiger partial charge in [0.15, 0.2) is 6.29 Å². The predicted octanol–water partition coefficient (Wildman–Crippen LogP) is 2.77. The van der Waals surface area contributed by atoms with Crippen LogP contribution in [0.4, 0.5) is 10.5 Å². The lowest BCUT2D eigenvalue weighted by Crippen LogP contribution is -2.51.